The zero-order valence-electron chi connectivity index (χ0n) is 21.5. The molecule has 0 aliphatic carbocycles. The standard InChI is InChI=1S/C28H32N8O2/c1-29-28(37)32-21-6-4-20(5-7-21)26-33-24(19-10-15-38-16-11-19)25-27(34-26)36(18-31-25)23-8-13-35(14-9-23)17-22-3-2-12-30-22/h2-7,10,12,18,23,30H,8-9,11,13-17H2,1H3,(H2,29,32,37). The second kappa shape index (κ2) is 10.8. The van der Waals surface area contributed by atoms with E-state index in [2.05, 4.69) is 43.3 Å². The number of amides is 2. The molecule has 38 heavy (non-hydrogen) atoms. The maximum Gasteiger partial charge on any atom is 0.318 e. The average molecular weight is 513 g/mol. The molecule has 0 bridgehead atoms. The van der Waals surface area contributed by atoms with E-state index in [9.17, 15) is 4.79 Å². The Morgan fingerprint density at radius 2 is 2.00 bits per heavy atom. The van der Waals surface area contributed by atoms with E-state index < -0.39 is 0 Å². The minimum Gasteiger partial charge on any atom is -0.377 e. The minimum absolute atomic E-state index is 0.257. The first-order valence-corrected chi connectivity index (χ1v) is 13.1. The van der Waals surface area contributed by atoms with E-state index in [1.165, 1.54) is 5.69 Å². The number of rotatable bonds is 6. The van der Waals surface area contributed by atoms with Crippen LogP contribution in [0.25, 0.3) is 28.1 Å². The molecular formula is C28H32N8O2. The number of piperidine rings is 1. The lowest BCUT2D eigenvalue weighted by Crippen LogP contribution is -2.34. The first kappa shape index (κ1) is 24.3. The zero-order valence-corrected chi connectivity index (χ0v) is 21.5. The fourth-order valence-electron chi connectivity index (χ4n) is 5.24. The van der Waals surface area contributed by atoms with Crippen molar-refractivity contribution in [2.75, 3.05) is 38.7 Å². The molecule has 2 aliphatic rings. The topological polar surface area (TPSA) is 113 Å². The van der Waals surface area contributed by atoms with Crippen LogP contribution < -0.4 is 10.6 Å². The van der Waals surface area contributed by atoms with Gasteiger partial charge in [0.25, 0.3) is 0 Å². The molecule has 0 atom stereocenters. The Hall–Kier alpha value is -4.02. The lowest BCUT2D eigenvalue weighted by Gasteiger charge is -2.32. The van der Waals surface area contributed by atoms with Gasteiger partial charge in [0.2, 0.25) is 0 Å². The van der Waals surface area contributed by atoms with E-state index >= 15 is 0 Å². The molecule has 6 rings (SSSR count). The fourth-order valence-corrected chi connectivity index (χ4v) is 5.24. The number of nitrogens with zero attached hydrogens (tertiary/aromatic N) is 5. The van der Waals surface area contributed by atoms with E-state index in [-0.39, 0.29) is 6.03 Å². The average Bonchev–Trinajstić information content (AvgIpc) is 3.64. The van der Waals surface area contributed by atoms with Crippen LogP contribution in [0.15, 0.2) is 55.0 Å². The maximum absolute atomic E-state index is 11.7. The highest BCUT2D eigenvalue weighted by atomic mass is 16.5. The lowest BCUT2D eigenvalue weighted by molar-refractivity contribution is 0.161. The number of H-pyrrole nitrogens is 1. The van der Waals surface area contributed by atoms with Crippen molar-refractivity contribution in [3.63, 3.8) is 0 Å². The molecule has 0 spiro atoms. The molecule has 196 valence electrons. The smallest absolute Gasteiger partial charge is 0.318 e. The number of benzene rings is 1. The van der Waals surface area contributed by atoms with Crippen LogP contribution in [-0.4, -0.2) is 68.8 Å². The summed E-state index contributed by atoms with van der Waals surface area (Å²) in [4.78, 5) is 32.3. The quantitative estimate of drug-likeness (QED) is 0.357. The molecule has 1 fully saturated rings. The van der Waals surface area contributed by atoms with Crippen LogP contribution in [0.4, 0.5) is 10.5 Å². The SMILES string of the molecule is CNC(=O)Nc1ccc(-c2nc(C3=CCOCC3)c3ncn(C4CCN(Cc5ccc[nH]5)CC4)c3n2)cc1. The number of aromatic nitrogens is 5. The summed E-state index contributed by atoms with van der Waals surface area (Å²) < 4.78 is 7.81. The van der Waals surface area contributed by atoms with Gasteiger partial charge in [-0.1, -0.05) is 6.08 Å². The summed E-state index contributed by atoms with van der Waals surface area (Å²) in [7, 11) is 1.59. The molecule has 4 aromatic rings. The van der Waals surface area contributed by atoms with Crippen molar-refractivity contribution in [3.05, 3.63) is 66.4 Å². The molecule has 3 aromatic heterocycles. The van der Waals surface area contributed by atoms with Gasteiger partial charge in [0.05, 0.1) is 25.2 Å². The molecule has 10 nitrogen and oxygen atoms in total. The molecule has 0 unspecified atom stereocenters. The molecule has 2 aliphatic heterocycles. The van der Waals surface area contributed by atoms with Gasteiger partial charge in [-0.3, -0.25) is 4.90 Å². The Balaban J connectivity index is 1.32. The molecule has 0 saturated carbocycles. The molecule has 5 heterocycles. The summed E-state index contributed by atoms with van der Waals surface area (Å²) >= 11 is 0. The summed E-state index contributed by atoms with van der Waals surface area (Å²) in [5, 5.41) is 5.36. The van der Waals surface area contributed by atoms with Crippen LogP contribution in [-0.2, 0) is 11.3 Å². The van der Waals surface area contributed by atoms with E-state index in [1.807, 2.05) is 36.8 Å². The van der Waals surface area contributed by atoms with E-state index in [0.29, 0.717) is 30.8 Å². The summed E-state index contributed by atoms with van der Waals surface area (Å²) in [6.07, 6.45) is 8.89. The number of imidazole rings is 1. The van der Waals surface area contributed by atoms with Crippen LogP contribution >= 0.6 is 0 Å². The Kier molecular flexibility index (Phi) is 6.89. The van der Waals surface area contributed by atoms with E-state index in [4.69, 9.17) is 19.7 Å². The number of anilines is 1. The van der Waals surface area contributed by atoms with Crippen LogP contribution in [0.5, 0.6) is 0 Å². The minimum atomic E-state index is -0.257. The number of carbonyl (C=O) groups excluding carboxylic acids is 1. The normalized spacial score (nSPS) is 16.9. The Bertz CT molecular complexity index is 1430. The molecule has 2 amide bonds. The highest BCUT2D eigenvalue weighted by Crippen LogP contribution is 2.32. The number of nitrogens with one attached hydrogen (secondary N) is 3. The monoisotopic (exact) mass is 512 g/mol. The van der Waals surface area contributed by atoms with E-state index in [0.717, 1.165) is 66.9 Å². The number of aromatic amines is 1. The van der Waals surface area contributed by atoms with Gasteiger partial charge in [-0.15, -0.1) is 0 Å². The number of hydrogen-bond acceptors (Lipinski definition) is 6. The number of urea groups is 1. The van der Waals surface area contributed by atoms with Gasteiger partial charge < -0.3 is 24.9 Å². The molecule has 10 heteroatoms. The third-order valence-electron chi connectivity index (χ3n) is 7.32. The summed E-state index contributed by atoms with van der Waals surface area (Å²) in [6, 6.07) is 11.9. The number of likely N-dealkylation sites (tertiary alicyclic amines) is 1. The first-order valence-electron chi connectivity index (χ1n) is 13.1. The molecule has 3 N–H and O–H groups in total. The predicted molar refractivity (Wildman–Crippen MR) is 147 cm³/mol. The van der Waals surface area contributed by atoms with Crippen molar-refractivity contribution in [1.82, 2.24) is 34.7 Å². The van der Waals surface area contributed by atoms with Gasteiger partial charge in [-0.2, -0.15) is 0 Å². The fraction of sp³-hybridized carbons (Fsp3) is 0.357. The maximum atomic E-state index is 11.7. The van der Waals surface area contributed by atoms with Crippen LogP contribution in [0.3, 0.4) is 0 Å². The van der Waals surface area contributed by atoms with Crippen molar-refractivity contribution >= 4 is 28.5 Å². The van der Waals surface area contributed by atoms with Gasteiger partial charge in [0, 0.05) is 55.9 Å². The Labute approximate surface area is 221 Å². The van der Waals surface area contributed by atoms with Crippen molar-refractivity contribution in [2.45, 2.75) is 31.8 Å². The Morgan fingerprint density at radius 1 is 1.16 bits per heavy atom. The van der Waals surface area contributed by atoms with Gasteiger partial charge >= 0.3 is 6.03 Å². The highest BCUT2D eigenvalue weighted by molar-refractivity contribution is 5.90. The predicted octanol–water partition coefficient (Wildman–Crippen LogP) is 4.21. The highest BCUT2D eigenvalue weighted by Gasteiger charge is 2.25. The van der Waals surface area contributed by atoms with Crippen molar-refractivity contribution < 1.29 is 9.53 Å². The number of carbonyl (C=O) groups is 1. The van der Waals surface area contributed by atoms with E-state index in [1.54, 1.807) is 7.05 Å². The number of fused-ring (bicyclic) bond motifs is 1. The molecule has 1 aromatic carbocycles. The van der Waals surface area contributed by atoms with Crippen LogP contribution in [0.1, 0.15) is 36.7 Å². The summed E-state index contributed by atoms with van der Waals surface area (Å²) in [5.41, 5.74) is 6.58. The van der Waals surface area contributed by atoms with Crippen molar-refractivity contribution in [1.29, 1.82) is 0 Å². The lowest BCUT2D eigenvalue weighted by atomic mass is 10.0. The Morgan fingerprint density at radius 3 is 2.71 bits per heavy atom. The number of hydrogen-bond donors (Lipinski definition) is 3. The first-order chi connectivity index (χ1) is 18.7. The third-order valence-corrected chi connectivity index (χ3v) is 7.32. The van der Waals surface area contributed by atoms with Gasteiger partial charge in [-0.25, -0.2) is 19.7 Å². The zero-order chi connectivity index (χ0) is 25.9. The van der Waals surface area contributed by atoms with Crippen LogP contribution in [0.2, 0.25) is 0 Å². The van der Waals surface area contributed by atoms with Gasteiger partial charge in [-0.05, 0) is 61.2 Å². The third kappa shape index (κ3) is 5.05. The molecule has 1 saturated heterocycles. The van der Waals surface area contributed by atoms with Gasteiger partial charge in [0.1, 0.15) is 5.52 Å². The van der Waals surface area contributed by atoms with Crippen molar-refractivity contribution in [2.24, 2.45) is 0 Å². The summed E-state index contributed by atoms with van der Waals surface area (Å²) in [6.45, 7) is 4.25. The largest absolute Gasteiger partial charge is 0.377 e. The number of ether oxygens (including phenoxy) is 1. The van der Waals surface area contributed by atoms with Crippen LogP contribution in [0, 0.1) is 0 Å². The molecular weight excluding hydrogens is 480 g/mol. The van der Waals surface area contributed by atoms with Gasteiger partial charge in [0.15, 0.2) is 11.5 Å². The second-order valence-electron chi connectivity index (χ2n) is 9.76. The summed E-state index contributed by atoms with van der Waals surface area (Å²) in [5.74, 6) is 0.650. The second-order valence-corrected chi connectivity index (χ2v) is 9.76. The molecule has 0 radical (unpaired) electrons. The van der Waals surface area contributed by atoms with Crippen molar-refractivity contribution in [3.8, 4) is 11.4 Å².